The van der Waals surface area contributed by atoms with Crippen molar-refractivity contribution in [3.8, 4) is 6.07 Å². The summed E-state index contributed by atoms with van der Waals surface area (Å²) in [5.41, 5.74) is 4.57. The number of rotatable bonds is 7. The van der Waals surface area contributed by atoms with Crippen molar-refractivity contribution >= 4 is 17.3 Å². The van der Waals surface area contributed by atoms with Crippen LogP contribution in [0, 0.1) is 11.3 Å². The predicted molar refractivity (Wildman–Crippen MR) is 99.4 cm³/mol. The van der Waals surface area contributed by atoms with E-state index in [-0.39, 0.29) is 0 Å². The molecule has 24 heavy (non-hydrogen) atoms. The molecule has 0 amide bonds. The number of nitriles is 1. The summed E-state index contributed by atoms with van der Waals surface area (Å²) in [4.78, 5) is 5.91. The minimum absolute atomic E-state index is 0.425. The minimum Gasteiger partial charge on any atom is -0.317 e. The number of fused-ring (bicyclic) bond motifs is 1. The third-order valence-corrected chi connectivity index (χ3v) is 5.23. The van der Waals surface area contributed by atoms with Crippen LogP contribution in [0.3, 0.4) is 0 Å². The van der Waals surface area contributed by atoms with Crippen LogP contribution in [0.15, 0.2) is 53.7 Å². The minimum atomic E-state index is 0.425. The van der Waals surface area contributed by atoms with E-state index < -0.39 is 0 Å². The number of nitrogens with zero attached hydrogens (tertiary/aromatic N) is 3. The number of aryl methyl sites for hydroxylation is 2. The summed E-state index contributed by atoms with van der Waals surface area (Å²) in [5, 5.41) is 8.93. The molecular formula is C20H21N3S. The van der Waals surface area contributed by atoms with E-state index in [0.717, 1.165) is 35.5 Å². The van der Waals surface area contributed by atoms with E-state index in [1.807, 2.05) is 30.2 Å². The smallest absolute Gasteiger partial charge is 0.0758 e. The van der Waals surface area contributed by atoms with Gasteiger partial charge in [-0.25, -0.2) is 0 Å². The molecule has 0 aliphatic rings. The van der Waals surface area contributed by atoms with Gasteiger partial charge in [-0.1, -0.05) is 19.1 Å². The van der Waals surface area contributed by atoms with Crippen LogP contribution in [-0.2, 0) is 19.3 Å². The molecule has 0 bridgehead atoms. The SMILES string of the molecule is CCCSc1cccc(CCc2nccn3c(CC#N)ccc23)c1. The zero-order chi connectivity index (χ0) is 16.8. The second-order valence-electron chi connectivity index (χ2n) is 5.78. The average molecular weight is 335 g/mol. The highest BCUT2D eigenvalue weighted by Crippen LogP contribution is 2.21. The third kappa shape index (κ3) is 3.80. The normalized spacial score (nSPS) is 10.8. The lowest BCUT2D eigenvalue weighted by atomic mass is 10.1. The van der Waals surface area contributed by atoms with Gasteiger partial charge < -0.3 is 4.40 Å². The van der Waals surface area contributed by atoms with Crippen molar-refractivity contribution < 1.29 is 0 Å². The van der Waals surface area contributed by atoms with Gasteiger partial charge in [0.05, 0.1) is 23.7 Å². The molecule has 0 saturated carbocycles. The number of thioether (sulfide) groups is 1. The molecule has 0 saturated heterocycles. The van der Waals surface area contributed by atoms with Crippen LogP contribution in [0.25, 0.3) is 5.52 Å². The Balaban J connectivity index is 1.75. The Morgan fingerprint density at radius 3 is 2.96 bits per heavy atom. The van der Waals surface area contributed by atoms with Gasteiger partial charge in [0.1, 0.15) is 0 Å². The van der Waals surface area contributed by atoms with Crippen LogP contribution in [0.1, 0.15) is 30.3 Å². The van der Waals surface area contributed by atoms with Gasteiger partial charge >= 0.3 is 0 Å². The van der Waals surface area contributed by atoms with Crippen LogP contribution in [0.4, 0.5) is 0 Å². The first kappa shape index (κ1) is 16.6. The molecule has 0 radical (unpaired) electrons. The van der Waals surface area contributed by atoms with Crippen LogP contribution >= 0.6 is 11.8 Å². The van der Waals surface area contributed by atoms with E-state index in [0.29, 0.717) is 6.42 Å². The number of aromatic nitrogens is 2. The van der Waals surface area contributed by atoms with Crippen molar-refractivity contribution in [3.63, 3.8) is 0 Å². The first-order valence-electron chi connectivity index (χ1n) is 8.34. The maximum Gasteiger partial charge on any atom is 0.0758 e. The molecule has 0 N–H and O–H groups in total. The van der Waals surface area contributed by atoms with Crippen molar-refractivity contribution in [3.05, 3.63) is 65.7 Å². The van der Waals surface area contributed by atoms with E-state index in [1.165, 1.54) is 16.9 Å². The van der Waals surface area contributed by atoms with E-state index in [2.05, 4.69) is 52.7 Å². The van der Waals surface area contributed by atoms with E-state index >= 15 is 0 Å². The summed E-state index contributed by atoms with van der Waals surface area (Å²) in [7, 11) is 0. The van der Waals surface area contributed by atoms with E-state index in [4.69, 9.17) is 5.26 Å². The molecular weight excluding hydrogens is 314 g/mol. The van der Waals surface area contributed by atoms with Crippen LogP contribution in [0.2, 0.25) is 0 Å². The summed E-state index contributed by atoms with van der Waals surface area (Å²) in [5.74, 6) is 1.16. The van der Waals surface area contributed by atoms with Crippen molar-refractivity contribution in [1.29, 1.82) is 5.26 Å². The highest BCUT2D eigenvalue weighted by molar-refractivity contribution is 7.99. The largest absolute Gasteiger partial charge is 0.317 e. The molecule has 2 aromatic heterocycles. The molecule has 1 aromatic carbocycles. The molecule has 3 rings (SSSR count). The van der Waals surface area contributed by atoms with Gasteiger partial charge in [-0.2, -0.15) is 5.26 Å². The van der Waals surface area contributed by atoms with Crippen molar-refractivity contribution in [2.24, 2.45) is 0 Å². The summed E-state index contributed by atoms with van der Waals surface area (Å²) < 4.78 is 2.08. The van der Waals surface area contributed by atoms with Gasteiger partial charge in [0.15, 0.2) is 0 Å². The third-order valence-electron chi connectivity index (χ3n) is 4.03. The molecule has 0 fully saturated rings. The molecule has 3 aromatic rings. The predicted octanol–water partition coefficient (Wildman–Crippen LogP) is 4.69. The first-order chi connectivity index (χ1) is 11.8. The molecule has 3 nitrogen and oxygen atoms in total. The second kappa shape index (κ2) is 8.03. The van der Waals surface area contributed by atoms with Gasteiger partial charge in [-0.05, 0) is 54.8 Å². The standard InChI is InChI=1S/C20H21N3S/c1-2-14-24-18-5-3-4-16(15-18)6-8-19-20-9-7-17(10-11-21)23(20)13-12-22-19/h3-5,7,9,12-13,15H,2,6,8,10,14H2,1H3. The molecule has 0 spiro atoms. The Labute approximate surface area is 147 Å². The highest BCUT2D eigenvalue weighted by Gasteiger charge is 2.07. The van der Waals surface area contributed by atoms with Crippen molar-refractivity contribution in [2.75, 3.05) is 5.75 Å². The van der Waals surface area contributed by atoms with Gasteiger partial charge in [0.25, 0.3) is 0 Å². The number of hydrogen-bond donors (Lipinski definition) is 0. The average Bonchev–Trinajstić information content (AvgIpc) is 3.03. The molecule has 0 aliphatic carbocycles. The summed E-state index contributed by atoms with van der Waals surface area (Å²) in [6.07, 6.45) is 7.27. The lowest BCUT2D eigenvalue weighted by Gasteiger charge is -2.07. The quantitative estimate of drug-likeness (QED) is 0.588. The number of benzene rings is 1. The topological polar surface area (TPSA) is 41.1 Å². The monoisotopic (exact) mass is 335 g/mol. The van der Waals surface area contributed by atoms with Gasteiger partial charge in [-0.15, -0.1) is 11.8 Å². The van der Waals surface area contributed by atoms with Gasteiger partial charge in [0.2, 0.25) is 0 Å². The van der Waals surface area contributed by atoms with Crippen molar-refractivity contribution in [2.45, 2.75) is 37.5 Å². The number of hydrogen-bond acceptors (Lipinski definition) is 3. The first-order valence-corrected chi connectivity index (χ1v) is 9.33. The van der Waals surface area contributed by atoms with E-state index in [9.17, 15) is 0 Å². The second-order valence-corrected chi connectivity index (χ2v) is 6.95. The Morgan fingerprint density at radius 2 is 2.12 bits per heavy atom. The van der Waals surface area contributed by atoms with Gasteiger partial charge in [0, 0.05) is 23.0 Å². The Hall–Kier alpha value is -2.25. The fraction of sp³-hybridized carbons (Fsp3) is 0.300. The molecule has 0 atom stereocenters. The van der Waals surface area contributed by atoms with Crippen molar-refractivity contribution in [1.82, 2.24) is 9.38 Å². The van der Waals surface area contributed by atoms with Crippen LogP contribution in [-0.4, -0.2) is 15.1 Å². The zero-order valence-corrected chi connectivity index (χ0v) is 14.7. The maximum absolute atomic E-state index is 8.93. The van der Waals surface area contributed by atoms with Gasteiger partial charge in [-0.3, -0.25) is 4.98 Å². The fourth-order valence-electron chi connectivity index (χ4n) is 2.85. The molecule has 0 aliphatic heterocycles. The zero-order valence-electron chi connectivity index (χ0n) is 13.9. The molecule has 122 valence electrons. The maximum atomic E-state index is 8.93. The fourth-order valence-corrected chi connectivity index (χ4v) is 3.70. The highest BCUT2D eigenvalue weighted by atomic mass is 32.2. The lowest BCUT2D eigenvalue weighted by Crippen LogP contribution is -2.00. The Kier molecular flexibility index (Phi) is 5.55. The summed E-state index contributed by atoms with van der Waals surface area (Å²) >= 11 is 1.92. The Morgan fingerprint density at radius 1 is 1.21 bits per heavy atom. The lowest BCUT2D eigenvalue weighted by molar-refractivity contribution is 0.897. The van der Waals surface area contributed by atoms with E-state index in [1.54, 1.807) is 0 Å². The molecule has 4 heteroatoms. The summed E-state index contributed by atoms with van der Waals surface area (Å²) in [6.45, 7) is 2.21. The molecule has 0 unspecified atom stereocenters. The van der Waals surface area contributed by atoms with Crippen LogP contribution < -0.4 is 0 Å². The van der Waals surface area contributed by atoms with Crippen LogP contribution in [0.5, 0.6) is 0 Å². The molecule has 2 heterocycles. The Bertz CT molecular complexity index is 861. The summed E-state index contributed by atoms with van der Waals surface area (Å²) in [6, 6.07) is 15.1.